The Balaban J connectivity index is 0.00000450. The van der Waals surface area contributed by atoms with E-state index >= 15 is 0 Å². The highest BCUT2D eigenvalue weighted by atomic mass is 127. The standard InChI is InChI=1S/C22H38N4O3.HI/c1-18(2)15-20(26-9-11-28-12-10-26)17-25-22(23-3)24-16-19-5-7-21(8-6-19)29-14-13-27-4;/h5-8,18,20H,9-17H2,1-4H3,(H2,23,24,25);1H. The van der Waals surface area contributed by atoms with Crippen molar-refractivity contribution in [2.24, 2.45) is 10.9 Å². The quantitative estimate of drug-likeness (QED) is 0.197. The van der Waals surface area contributed by atoms with Gasteiger partial charge in [-0.05, 0) is 30.0 Å². The van der Waals surface area contributed by atoms with Crippen molar-refractivity contribution in [1.82, 2.24) is 15.5 Å². The Morgan fingerprint density at radius 3 is 2.43 bits per heavy atom. The van der Waals surface area contributed by atoms with Crippen LogP contribution in [0.1, 0.15) is 25.8 Å². The number of ether oxygens (including phenoxy) is 3. The molecule has 7 nitrogen and oxygen atoms in total. The van der Waals surface area contributed by atoms with E-state index in [9.17, 15) is 0 Å². The molecule has 1 atom stereocenters. The first kappa shape index (κ1) is 26.9. The molecule has 2 rings (SSSR count). The molecule has 1 aromatic rings. The SMILES string of the molecule is CN=C(NCc1ccc(OCCOC)cc1)NCC(CC(C)C)N1CCOCC1.I. The summed E-state index contributed by atoms with van der Waals surface area (Å²) in [5.41, 5.74) is 1.18. The summed E-state index contributed by atoms with van der Waals surface area (Å²) in [6.07, 6.45) is 1.16. The van der Waals surface area contributed by atoms with Crippen LogP contribution in [0.3, 0.4) is 0 Å². The molecule has 1 unspecified atom stereocenters. The lowest BCUT2D eigenvalue weighted by Crippen LogP contribution is -2.50. The van der Waals surface area contributed by atoms with E-state index < -0.39 is 0 Å². The van der Waals surface area contributed by atoms with E-state index in [1.807, 2.05) is 19.2 Å². The van der Waals surface area contributed by atoms with E-state index in [2.05, 4.69) is 46.5 Å². The highest BCUT2D eigenvalue weighted by Gasteiger charge is 2.22. The monoisotopic (exact) mass is 534 g/mol. The Morgan fingerprint density at radius 1 is 1.13 bits per heavy atom. The summed E-state index contributed by atoms with van der Waals surface area (Å²) in [6.45, 7) is 11.0. The van der Waals surface area contributed by atoms with E-state index in [-0.39, 0.29) is 24.0 Å². The molecule has 1 saturated heterocycles. The molecule has 1 heterocycles. The van der Waals surface area contributed by atoms with Crippen molar-refractivity contribution < 1.29 is 14.2 Å². The van der Waals surface area contributed by atoms with Gasteiger partial charge < -0.3 is 24.8 Å². The molecule has 1 aliphatic rings. The largest absolute Gasteiger partial charge is 0.491 e. The zero-order valence-electron chi connectivity index (χ0n) is 18.9. The third-order valence-corrected chi connectivity index (χ3v) is 4.97. The summed E-state index contributed by atoms with van der Waals surface area (Å²) in [5, 5.41) is 6.91. The van der Waals surface area contributed by atoms with Gasteiger partial charge in [0, 0.05) is 46.4 Å². The fraction of sp³-hybridized carbons (Fsp3) is 0.682. The van der Waals surface area contributed by atoms with Crippen molar-refractivity contribution in [2.45, 2.75) is 32.9 Å². The molecule has 0 spiro atoms. The van der Waals surface area contributed by atoms with Gasteiger partial charge in [0.15, 0.2) is 5.96 Å². The van der Waals surface area contributed by atoms with Crippen LogP contribution in [0.5, 0.6) is 5.75 Å². The lowest BCUT2D eigenvalue weighted by molar-refractivity contribution is 0.0132. The molecule has 0 aliphatic carbocycles. The van der Waals surface area contributed by atoms with Crippen molar-refractivity contribution >= 4 is 29.9 Å². The third kappa shape index (κ3) is 10.3. The van der Waals surface area contributed by atoms with Crippen LogP contribution in [0.25, 0.3) is 0 Å². The molecule has 0 radical (unpaired) electrons. The molecular weight excluding hydrogens is 495 g/mol. The molecule has 1 fully saturated rings. The second-order valence-corrected chi connectivity index (χ2v) is 7.72. The molecule has 0 aromatic heterocycles. The molecule has 30 heavy (non-hydrogen) atoms. The lowest BCUT2D eigenvalue weighted by atomic mass is 10.0. The van der Waals surface area contributed by atoms with E-state index in [1.165, 1.54) is 5.56 Å². The fourth-order valence-electron chi connectivity index (χ4n) is 3.42. The predicted octanol–water partition coefficient (Wildman–Crippen LogP) is 2.74. The Labute approximate surface area is 199 Å². The van der Waals surface area contributed by atoms with E-state index in [4.69, 9.17) is 14.2 Å². The van der Waals surface area contributed by atoms with E-state index in [0.717, 1.165) is 51.0 Å². The molecular formula is C22H39IN4O3. The van der Waals surface area contributed by atoms with Gasteiger partial charge >= 0.3 is 0 Å². The normalized spacial score (nSPS) is 16.1. The number of nitrogens with one attached hydrogen (secondary N) is 2. The minimum absolute atomic E-state index is 0. The number of morpholine rings is 1. The van der Waals surface area contributed by atoms with Crippen LogP contribution in [-0.4, -0.2) is 77.1 Å². The second kappa shape index (κ2) is 15.7. The van der Waals surface area contributed by atoms with Crippen LogP contribution in [0.4, 0.5) is 0 Å². The Morgan fingerprint density at radius 2 is 1.83 bits per heavy atom. The molecule has 1 aromatic carbocycles. The Bertz CT molecular complexity index is 593. The highest BCUT2D eigenvalue weighted by Crippen LogP contribution is 2.13. The van der Waals surface area contributed by atoms with Gasteiger partial charge in [0.25, 0.3) is 0 Å². The van der Waals surface area contributed by atoms with Gasteiger partial charge in [-0.25, -0.2) is 0 Å². The van der Waals surface area contributed by atoms with Crippen molar-refractivity contribution in [3.05, 3.63) is 29.8 Å². The van der Waals surface area contributed by atoms with Crippen LogP contribution < -0.4 is 15.4 Å². The van der Waals surface area contributed by atoms with E-state index in [0.29, 0.717) is 31.7 Å². The summed E-state index contributed by atoms with van der Waals surface area (Å²) in [6, 6.07) is 8.59. The topological polar surface area (TPSA) is 67.4 Å². The molecule has 2 N–H and O–H groups in total. The fourth-order valence-corrected chi connectivity index (χ4v) is 3.42. The summed E-state index contributed by atoms with van der Waals surface area (Å²) in [4.78, 5) is 6.91. The van der Waals surface area contributed by atoms with Gasteiger partial charge in [-0.3, -0.25) is 9.89 Å². The van der Waals surface area contributed by atoms with Crippen LogP contribution in [0, 0.1) is 5.92 Å². The third-order valence-electron chi connectivity index (χ3n) is 4.97. The molecule has 0 amide bonds. The number of nitrogens with zero attached hydrogens (tertiary/aromatic N) is 2. The van der Waals surface area contributed by atoms with Gasteiger partial charge in [0.2, 0.25) is 0 Å². The number of methoxy groups -OCH3 is 1. The maximum atomic E-state index is 5.61. The van der Waals surface area contributed by atoms with Gasteiger partial charge in [0.05, 0.1) is 19.8 Å². The number of halogens is 1. The predicted molar refractivity (Wildman–Crippen MR) is 133 cm³/mol. The number of hydrogen-bond donors (Lipinski definition) is 2. The minimum Gasteiger partial charge on any atom is -0.491 e. The van der Waals surface area contributed by atoms with Crippen LogP contribution >= 0.6 is 24.0 Å². The molecule has 0 bridgehead atoms. The second-order valence-electron chi connectivity index (χ2n) is 7.72. The minimum atomic E-state index is 0. The maximum absolute atomic E-state index is 5.61. The number of aliphatic imine (C=N–C) groups is 1. The number of rotatable bonds is 11. The first-order valence-corrected chi connectivity index (χ1v) is 10.6. The van der Waals surface area contributed by atoms with Crippen molar-refractivity contribution in [1.29, 1.82) is 0 Å². The summed E-state index contributed by atoms with van der Waals surface area (Å²) < 4.78 is 16.1. The summed E-state index contributed by atoms with van der Waals surface area (Å²) in [7, 11) is 3.49. The Kier molecular flexibility index (Phi) is 14.1. The maximum Gasteiger partial charge on any atom is 0.191 e. The first-order chi connectivity index (χ1) is 14.1. The van der Waals surface area contributed by atoms with Crippen molar-refractivity contribution in [3.63, 3.8) is 0 Å². The van der Waals surface area contributed by atoms with Gasteiger partial charge in [-0.1, -0.05) is 26.0 Å². The summed E-state index contributed by atoms with van der Waals surface area (Å²) >= 11 is 0. The van der Waals surface area contributed by atoms with Gasteiger partial charge in [0.1, 0.15) is 12.4 Å². The Hall–Kier alpha value is -1.10. The number of benzene rings is 1. The van der Waals surface area contributed by atoms with Crippen molar-refractivity contribution in [2.75, 3.05) is 60.2 Å². The molecule has 1 aliphatic heterocycles. The number of hydrogen-bond acceptors (Lipinski definition) is 5. The smallest absolute Gasteiger partial charge is 0.191 e. The lowest BCUT2D eigenvalue weighted by Gasteiger charge is -2.35. The van der Waals surface area contributed by atoms with E-state index in [1.54, 1.807) is 7.11 Å². The molecule has 0 saturated carbocycles. The first-order valence-electron chi connectivity index (χ1n) is 10.6. The van der Waals surface area contributed by atoms with Crippen molar-refractivity contribution in [3.8, 4) is 5.75 Å². The van der Waals surface area contributed by atoms with Gasteiger partial charge in [-0.15, -0.1) is 24.0 Å². The van der Waals surface area contributed by atoms with Crippen LogP contribution in [0.2, 0.25) is 0 Å². The van der Waals surface area contributed by atoms with Crippen LogP contribution in [0.15, 0.2) is 29.3 Å². The zero-order chi connectivity index (χ0) is 20.9. The summed E-state index contributed by atoms with van der Waals surface area (Å²) in [5.74, 6) is 2.34. The van der Waals surface area contributed by atoms with Crippen LogP contribution in [-0.2, 0) is 16.0 Å². The highest BCUT2D eigenvalue weighted by molar-refractivity contribution is 14.0. The average molecular weight is 534 g/mol. The molecule has 172 valence electrons. The average Bonchev–Trinajstić information content (AvgIpc) is 2.74. The molecule has 8 heteroatoms. The van der Waals surface area contributed by atoms with Gasteiger partial charge in [-0.2, -0.15) is 0 Å². The zero-order valence-corrected chi connectivity index (χ0v) is 21.2. The number of guanidine groups is 1.